The second kappa shape index (κ2) is 3.71. The molecule has 0 amide bonds. The van der Waals surface area contributed by atoms with Crippen LogP contribution in [-0.4, -0.2) is 5.84 Å². The van der Waals surface area contributed by atoms with Crippen LogP contribution in [0.3, 0.4) is 0 Å². The van der Waals surface area contributed by atoms with Gasteiger partial charge in [-0.2, -0.15) is 0 Å². The Bertz CT molecular complexity index is 567. The van der Waals surface area contributed by atoms with Crippen molar-refractivity contribution in [1.29, 1.82) is 0 Å². The van der Waals surface area contributed by atoms with Crippen molar-refractivity contribution in [1.82, 2.24) is 4.72 Å². The lowest BCUT2D eigenvalue weighted by atomic mass is 10.2. The molecule has 0 spiro atoms. The average Bonchev–Trinajstić information content (AvgIpc) is 2.86. The van der Waals surface area contributed by atoms with Gasteiger partial charge in [-0.15, -0.1) is 0 Å². The van der Waals surface area contributed by atoms with Crippen molar-refractivity contribution in [2.45, 2.75) is 6.42 Å². The largest absolute Gasteiger partial charge is 0.461 e. The highest BCUT2D eigenvalue weighted by Crippen LogP contribution is 2.21. The maximum absolute atomic E-state index is 12.9. The minimum absolute atomic E-state index is 0.268. The van der Waals surface area contributed by atoms with Gasteiger partial charge in [-0.3, -0.25) is 9.01 Å². The van der Waals surface area contributed by atoms with E-state index in [1.165, 1.54) is 12.1 Å². The maximum Gasteiger partial charge on any atom is 0.208 e. The standard InChI is InChI=1S/C10H7FN2O2S/c11-7-1-2-9-6(3-7)4-8(14-9)5-10-12-15-16-13-10/h1-4H,5H2,(H,12,13). The molecule has 0 saturated carbocycles. The van der Waals surface area contributed by atoms with Crippen LogP contribution in [-0.2, 0) is 10.7 Å². The predicted molar refractivity (Wildman–Crippen MR) is 59.1 cm³/mol. The Morgan fingerprint density at radius 2 is 2.31 bits per heavy atom. The molecule has 0 aliphatic carbocycles. The zero-order chi connectivity index (χ0) is 11.0. The lowest BCUT2D eigenvalue weighted by Crippen LogP contribution is -2.13. The summed E-state index contributed by atoms with van der Waals surface area (Å²) in [7, 11) is 0. The molecule has 3 rings (SSSR count). The molecule has 0 radical (unpaired) electrons. The minimum atomic E-state index is -0.268. The zero-order valence-corrected chi connectivity index (χ0v) is 8.88. The molecular formula is C10H7FN2O2S. The molecule has 1 N–H and O–H groups in total. The zero-order valence-electron chi connectivity index (χ0n) is 8.07. The van der Waals surface area contributed by atoms with Crippen LogP contribution >= 0.6 is 12.2 Å². The fourth-order valence-corrected chi connectivity index (χ4v) is 1.91. The smallest absolute Gasteiger partial charge is 0.208 e. The molecule has 82 valence electrons. The SMILES string of the molecule is Fc1ccc2oc(CC3=NOSN3)cc2c1. The number of amidine groups is 1. The average molecular weight is 238 g/mol. The Morgan fingerprint density at radius 3 is 3.12 bits per heavy atom. The number of halogens is 1. The molecule has 16 heavy (non-hydrogen) atoms. The molecule has 1 aliphatic rings. The van der Waals surface area contributed by atoms with E-state index in [4.69, 9.17) is 8.70 Å². The third-order valence-electron chi connectivity index (χ3n) is 2.22. The van der Waals surface area contributed by atoms with Gasteiger partial charge in [0.15, 0.2) is 5.84 Å². The van der Waals surface area contributed by atoms with Gasteiger partial charge in [0.05, 0.1) is 6.42 Å². The first-order valence-electron chi connectivity index (χ1n) is 4.65. The van der Waals surface area contributed by atoms with Crippen molar-refractivity contribution in [2.24, 2.45) is 5.16 Å². The van der Waals surface area contributed by atoms with Gasteiger partial charge < -0.3 is 4.42 Å². The molecule has 1 aromatic heterocycles. The lowest BCUT2D eigenvalue weighted by molar-refractivity contribution is 0.414. The van der Waals surface area contributed by atoms with Crippen LogP contribution in [0.25, 0.3) is 11.0 Å². The summed E-state index contributed by atoms with van der Waals surface area (Å²) >= 11 is 1.06. The van der Waals surface area contributed by atoms with E-state index >= 15 is 0 Å². The van der Waals surface area contributed by atoms with Crippen LogP contribution in [0.15, 0.2) is 33.8 Å². The van der Waals surface area contributed by atoms with Crippen LogP contribution in [0.1, 0.15) is 5.76 Å². The van der Waals surface area contributed by atoms with Crippen LogP contribution in [0.2, 0.25) is 0 Å². The fraction of sp³-hybridized carbons (Fsp3) is 0.100. The summed E-state index contributed by atoms with van der Waals surface area (Å²) in [6, 6.07) is 6.23. The van der Waals surface area contributed by atoms with E-state index in [9.17, 15) is 4.39 Å². The van der Waals surface area contributed by atoms with E-state index in [1.807, 2.05) is 0 Å². The van der Waals surface area contributed by atoms with Crippen molar-refractivity contribution in [3.05, 3.63) is 35.8 Å². The summed E-state index contributed by atoms with van der Waals surface area (Å²) in [6.07, 6.45) is 0.503. The van der Waals surface area contributed by atoms with E-state index in [0.717, 1.165) is 23.4 Å². The highest BCUT2D eigenvalue weighted by molar-refractivity contribution is 7.93. The summed E-state index contributed by atoms with van der Waals surface area (Å²) in [5, 5.41) is 4.51. The van der Waals surface area contributed by atoms with Gasteiger partial charge in [-0.05, 0) is 24.3 Å². The Hall–Kier alpha value is -1.69. The minimum Gasteiger partial charge on any atom is -0.461 e. The second-order valence-electron chi connectivity index (χ2n) is 3.37. The number of fused-ring (bicyclic) bond motifs is 1. The van der Waals surface area contributed by atoms with Gasteiger partial charge in [0.1, 0.15) is 17.2 Å². The third-order valence-corrected chi connectivity index (χ3v) is 2.68. The van der Waals surface area contributed by atoms with E-state index in [2.05, 4.69) is 9.88 Å². The monoisotopic (exact) mass is 238 g/mol. The number of benzene rings is 1. The highest BCUT2D eigenvalue weighted by Gasteiger charge is 2.12. The van der Waals surface area contributed by atoms with E-state index in [1.54, 1.807) is 12.1 Å². The predicted octanol–water partition coefficient (Wildman–Crippen LogP) is 2.61. The molecule has 2 aromatic rings. The van der Waals surface area contributed by atoms with Gasteiger partial charge in [0.2, 0.25) is 12.2 Å². The summed E-state index contributed by atoms with van der Waals surface area (Å²) in [5.74, 6) is 1.14. The van der Waals surface area contributed by atoms with Crippen LogP contribution in [0.4, 0.5) is 4.39 Å². The molecule has 0 atom stereocenters. The summed E-state index contributed by atoms with van der Waals surface area (Å²) in [5.41, 5.74) is 0.670. The molecule has 1 aliphatic heterocycles. The van der Waals surface area contributed by atoms with Crippen molar-refractivity contribution in [3.63, 3.8) is 0 Å². The maximum atomic E-state index is 12.9. The van der Waals surface area contributed by atoms with Crippen molar-refractivity contribution in [2.75, 3.05) is 0 Å². The number of rotatable bonds is 2. The number of hydrogen-bond acceptors (Lipinski definition) is 5. The quantitative estimate of drug-likeness (QED) is 0.645. The number of nitrogens with one attached hydrogen (secondary N) is 1. The Kier molecular flexibility index (Phi) is 2.21. The molecule has 4 nitrogen and oxygen atoms in total. The normalized spacial score (nSPS) is 14.7. The summed E-state index contributed by atoms with van der Waals surface area (Å²) < 4.78 is 26.1. The first-order valence-corrected chi connectivity index (χ1v) is 5.39. The molecule has 0 fully saturated rings. The molecule has 1 aromatic carbocycles. The van der Waals surface area contributed by atoms with Crippen LogP contribution in [0, 0.1) is 5.82 Å². The summed E-state index contributed by atoms with van der Waals surface area (Å²) in [4.78, 5) is 0. The van der Waals surface area contributed by atoms with Crippen molar-refractivity contribution >= 4 is 29.0 Å². The van der Waals surface area contributed by atoms with Gasteiger partial charge >= 0.3 is 0 Å². The molecule has 0 saturated heterocycles. The number of hydrogen-bond donors (Lipinski definition) is 1. The molecular weight excluding hydrogens is 231 g/mol. The molecule has 0 bridgehead atoms. The van der Waals surface area contributed by atoms with E-state index < -0.39 is 0 Å². The Balaban J connectivity index is 1.92. The van der Waals surface area contributed by atoms with Gasteiger partial charge in [-0.1, -0.05) is 5.16 Å². The number of furan rings is 1. The highest BCUT2D eigenvalue weighted by atomic mass is 32.2. The Morgan fingerprint density at radius 1 is 1.38 bits per heavy atom. The van der Waals surface area contributed by atoms with Crippen molar-refractivity contribution in [3.8, 4) is 0 Å². The first kappa shape index (κ1) is 9.53. The number of nitrogens with zero attached hydrogens (tertiary/aromatic N) is 1. The fourth-order valence-electron chi connectivity index (χ4n) is 1.54. The van der Waals surface area contributed by atoms with Crippen molar-refractivity contribution < 1.29 is 13.1 Å². The number of oxime groups is 1. The molecule has 6 heteroatoms. The Labute approximate surface area is 94.8 Å². The molecule has 0 unspecified atom stereocenters. The third kappa shape index (κ3) is 1.71. The molecule has 2 heterocycles. The second-order valence-corrected chi connectivity index (χ2v) is 3.89. The van der Waals surface area contributed by atoms with Gasteiger partial charge in [0.25, 0.3) is 0 Å². The summed E-state index contributed by atoms with van der Waals surface area (Å²) in [6.45, 7) is 0. The van der Waals surface area contributed by atoms with E-state index in [0.29, 0.717) is 17.8 Å². The van der Waals surface area contributed by atoms with Gasteiger partial charge in [0, 0.05) is 5.39 Å². The van der Waals surface area contributed by atoms with Crippen LogP contribution < -0.4 is 4.72 Å². The lowest BCUT2D eigenvalue weighted by Gasteiger charge is -1.92. The van der Waals surface area contributed by atoms with Gasteiger partial charge in [-0.25, -0.2) is 4.39 Å². The van der Waals surface area contributed by atoms with E-state index in [-0.39, 0.29) is 5.82 Å². The first-order chi connectivity index (χ1) is 7.81. The van der Waals surface area contributed by atoms with Crippen LogP contribution in [0.5, 0.6) is 0 Å². The topological polar surface area (TPSA) is 46.8 Å².